The highest BCUT2D eigenvalue weighted by atomic mass is 16.4. The molecule has 0 fully saturated rings. The van der Waals surface area contributed by atoms with Gasteiger partial charge in [0.15, 0.2) is 0 Å². The number of nitrogens with one attached hydrogen (secondary N) is 1. The lowest BCUT2D eigenvalue weighted by molar-refractivity contribution is -0.136. The van der Waals surface area contributed by atoms with Crippen LogP contribution in [0.5, 0.6) is 0 Å². The standard InChI is InChI=1S/C14H14N2O3/c1-9-3-2-4-10(5-9)6-12-15-11(8-14(18)19)7-13(17)16-12/h2-5,7H,6,8H2,1H3,(H,18,19)(H,15,16,17). The van der Waals surface area contributed by atoms with E-state index in [2.05, 4.69) is 9.97 Å². The fourth-order valence-electron chi connectivity index (χ4n) is 1.91. The summed E-state index contributed by atoms with van der Waals surface area (Å²) in [6.45, 7) is 1.99. The third-order valence-electron chi connectivity index (χ3n) is 2.63. The number of aryl methyl sites for hydroxylation is 1. The first-order valence-electron chi connectivity index (χ1n) is 5.89. The van der Waals surface area contributed by atoms with Crippen LogP contribution in [0.25, 0.3) is 0 Å². The Kier molecular flexibility index (Phi) is 3.75. The lowest BCUT2D eigenvalue weighted by Crippen LogP contribution is -2.15. The molecule has 2 aromatic rings. The molecule has 0 atom stereocenters. The summed E-state index contributed by atoms with van der Waals surface area (Å²) in [5, 5.41) is 8.72. The topological polar surface area (TPSA) is 83.0 Å². The number of aromatic amines is 1. The minimum atomic E-state index is -1.00. The predicted molar refractivity (Wildman–Crippen MR) is 70.2 cm³/mol. The first-order valence-corrected chi connectivity index (χ1v) is 5.89. The van der Waals surface area contributed by atoms with Crippen molar-refractivity contribution >= 4 is 5.97 Å². The van der Waals surface area contributed by atoms with Gasteiger partial charge in [0, 0.05) is 12.5 Å². The van der Waals surface area contributed by atoms with Crippen LogP contribution in [0, 0.1) is 6.92 Å². The van der Waals surface area contributed by atoms with Crippen molar-refractivity contribution in [2.75, 3.05) is 0 Å². The molecular formula is C14H14N2O3. The molecule has 5 nitrogen and oxygen atoms in total. The van der Waals surface area contributed by atoms with E-state index in [0.717, 1.165) is 11.1 Å². The Bertz CT molecular complexity index is 662. The number of aliphatic carboxylic acids is 1. The highest BCUT2D eigenvalue weighted by Gasteiger charge is 2.06. The van der Waals surface area contributed by atoms with E-state index in [1.807, 2.05) is 31.2 Å². The van der Waals surface area contributed by atoms with Gasteiger partial charge in [0.25, 0.3) is 5.56 Å². The first kappa shape index (κ1) is 13.0. The Balaban J connectivity index is 2.27. The minimum absolute atomic E-state index is 0.245. The van der Waals surface area contributed by atoms with Crippen LogP contribution >= 0.6 is 0 Å². The zero-order valence-electron chi connectivity index (χ0n) is 10.5. The molecule has 19 heavy (non-hydrogen) atoms. The molecule has 0 bridgehead atoms. The van der Waals surface area contributed by atoms with Crippen molar-refractivity contribution in [3.8, 4) is 0 Å². The Hall–Kier alpha value is -2.43. The van der Waals surface area contributed by atoms with E-state index in [1.54, 1.807) is 0 Å². The average molecular weight is 258 g/mol. The Morgan fingerprint density at radius 1 is 1.37 bits per heavy atom. The number of nitrogens with zero attached hydrogens (tertiary/aromatic N) is 1. The van der Waals surface area contributed by atoms with Crippen LogP contribution in [0.4, 0.5) is 0 Å². The molecule has 1 heterocycles. The van der Waals surface area contributed by atoms with E-state index in [9.17, 15) is 9.59 Å². The van der Waals surface area contributed by atoms with Gasteiger partial charge in [-0.15, -0.1) is 0 Å². The molecule has 1 aromatic heterocycles. The summed E-state index contributed by atoms with van der Waals surface area (Å²) in [5.74, 6) is -0.519. The normalized spacial score (nSPS) is 10.4. The molecule has 0 unspecified atom stereocenters. The van der Waals surface area contributed by atoms with Crippen molar-refractivity contribution in [3.63, 3.8) is 0 Å². The summed E-state index contributed by atoms with van der Waals surface area (Å²) in [4.78, 5) is 28.9. The number of hydrogen-bond acceptors (Lipinski definition) is 3. The second-order valence-electron chi connectivity index (χ2n) is 4.42. The van der Waals surface area contributed by atoms with Gasteiger partial charge in [-0.2, -0.15) is 0 Å². The number of rotatable bonds is 4. The average Bonchev–Trinajstić information content (AvgIpc) is 2.26. The van der Waals surface area contributed by atoms with E-state index in [1.165, 1.54) is 6.07 Å². The summed E-state index contributed by atoms with van der Waals surface area (Å²) < 4.78 is 0. The van der Waals surface area contributed by atoms with E-state index < -0.39 is 5.97 Å². The summed E-state index contributed by atoms with van der Waals surface area (Å²) in [6.07, 6.45) is 0.231. The summed E-state index contributed by atoms with van der Waals surface area (Å²) in [7, 11) is 0. The fraction of sp³-hybridized carbons (Fsp3) is 0.214. The Morgan fingerprint density at radius 2 is 2.16 bits per heavy atom. The molecule has 1 aromatic carbocycles. The second-order valence-corrected chi connectivity index (χ2v) is 4.42. The molecular weight excluding hydrogens is 244 g/mol. The van der Waals surface area contributed by atoms with Crippen LogP contribution in [-0.2, 0) is 17.6 Å². The molecule has 2 N–H and O–H groups in total. The van der Waals surface area contributed by atoms with E-state index in [4.69, 9.17) is 5.11 Å². The zero-order valence-corrected chi connectivity index (χ0v) is 10.5. The van der Waals surface area contributed by atoms with Crippen LogP contribution in [0.1, 0.15) is 22.6 Å². The molecule has 5 heteroatoms. The van der Waals surface area contributed by atoms with Crippen LogP contribution < -0.4 is 5.56 Å². The van der Waals surface area contributed by atoms with Gasteiger partial charge in [0.2, 0.25) is 0 Å². The smallest absolute Gasteiger partial charge is 0.309 e. The third kappa shape index (κ3) is 3.77. The number of H-pyrrole nitrogens is 1. The molecule has 0 aliphatic rings. The lowest BCUT2D eigenvalue weighted by atomic mass is 10.1. The number of hydrogen-bond donors (Lipinski definition) is 2. The van der Waals surface area contributed by atoms with E-state index in [0.29, 0.717) is 12.2 Å². The van der Waals surface area contributed by atoms with Crippen LogP contribution in [-0.4, -0.2) is 21.0 Å². The SMILES string of the molecule is Cc1cccc(Cc2nc(CC(=O)O)cc(=O)[nH]2)c1. The van der Waals surface area contributed by atoms with Gasteiger partial charge in [-0.3, -0.25) is 9.59 Å². The molecule has 98 valence electrons. The molecule has 0 saturated carbocycles. The number of carbonyl (C=O) groups is 1. The van der Waals surface area contributed by atoms with Gasteiger partial charge in [-0.05, 0) is 12.5 Å². The predicted octanol–water partition coefficient (Wildman–Crippen LogP) is 1.30. The maximum atomic E-state index is 11.5. The third-order valence-corrected chi connectivity index (χ3v) is 2.63. The van der Waals surface area contributed by atoms with Crippen molar-refractivity contribution in [2.24, 2.45) is 0 Å². The van der Waals surface area contributed by atoms with Crippen LogP contribution in [0.3, 0.4) is 0 Å². The Labute approximate surface area is 110 Å². The van der Waals surface area contributed by atoms with Gasteiger partial charge < -0.3 is 10.1 Å². The number of aromatic nitrogens is 2. The van der Waals surface area contributed by atoms with Crippen LogP contribution in [0.2, 0.25) is 0 Å². The summed E-state index contributed by atoms with van der Waals surface area (Å²) in [6, 6.07) is 9.08. The largest absolute Gasteiger partial charge is 0.481 e. The maximum absolute atomic E-state index is 11.5. The van der Waals surface area contributed by atoms with Gasteiger partial charge in [-0.25, -0.2) is 4.98 Å². The molecule has 0 aliphatic carbocycles. The van der Waals surface area contributed by atoms with Gasteiger partial charge in [0.1, 0.15) is 5.82 Å². The highest BCUT2D eigenvalue weighted by molar-refractivity contribution is 5.69. The molecule has 0 amide bonds. The number of carboxylic acids is 1. The van der Waals surface area contributed by atoms with Gasteiger partial charge in [-0.1, -0.05) is 29.8 Å². The highest BCUT2D eigenvalue weighted by Crippen LogP contribution is 2.08. The maximum Gasteiger partial charge on any atom is 0.309 e. The van der Waals surface area contributed by atoms with Crippen molar-refractivity contribution in [3.05, 3.63) is 63.3 Å². The molecule has 0 radical (unpaired) electrons. The molecule has 0 spiro atoms. The first-order chi connectivity index (χ1) is 9.02. The monoisotopic (exact) mass is 258 g/mol. The summed E-state index contributed by atoms with van der Waals surface area (Å²) >= 11 is 0. The van der Waals surface area contributed by atoms with Crippen LogP contribution in [0.15, 0.2) is 35.1 Å². The second kappa shape index (κ2) is 5.48. The number of benzene rings is 1. The van der Waals surface area contributed by atoms with Gasteiger partial charge in [0.05, 0.1) is 12.1 Å². The Morgan fingerprint density at radius 3 is 2.84 bits per heavy atom. The summed E-state index contributed by atoms with van der Waals surface area (Å²) in [5.41, 5.74) is 2.10. The molecule has 2 rings (SSSR count). The van der Waals surface area contributed by atoms with E-state index >= 15 is 0 Å². The quantitative estimate of drug-likeness (QED) is 0.865. The number of carboxylic acid groups (broad SMARTS) is 1. The van der Waals surface area contributed by atoms with Crippen molar-refractivity contribution in [2.45, 2.75) is 19.8 Å². The van der Waals surface area contributed by atoms with Gasteiger partial charge >= 0.3 is 5.97 Å². The molecule has 0 aliphatic heterocycles. The van der Waals surface area contributed by atoms with Crippen molar-refractivity contribution < 1.29 is 9.90 Å². The lowest BCUT2D eigenvalue weighted by Gasteiger charge is -2.04. The van der Waals surface area contributed by atoms with Crippen molar-refractivity contribution in [1.82, 2.24) is 9.97 Å². The fourth-order valence-corrected chi connectivity index (χ4v) is 1.91. The zero-order chi connectivity index (χ0) is 13.8. The minimum Gasteiger partial charge on any atom is -0.481 e. The van der Waals surface area contributed by atoms with E-state index in [-0.39, 0.29) is 17.7 Å². The molecule has 0 saturated heterocycles. The van der Waals surface area contributed by atoms with Crippen molar-refractivity contribution in [1.29, 1.82) is 0 Å².